The van der Waals surface area contributed by atoms with Crippen molar-refractivity contribution in [2.45, 2.75) is 10.6 Å². The molecule has 0 unspecified atom stereocenters. The van der Waals surface area contributed by atoms with Crippen LogP contribution in [0, 0.1) is 0 Å². The molecule has 0 saturated carbocycles. The SMILES string of the molecule is CO/C=C(\C(=O)OC)c1ccccc1CSc1ccc(Cl)cc1. The van der Waals surface area contributed by atoms with E-state index in [-0.39, 0.29) is 0 Å². The Hall–Kier alpha value is -1.91. The second kappa shape index (κ2) is 8.65. The number of benzene rings is 2. The number of halogens is 1. The summed E-state index contributed by atoms with van der Waals surface area (Å²) in [4.78, 5) is 13.1. The zero-order chi connectivity index (χ0) is 16.7. The molecule has 3 nitrogen and oxygen atoms in total. The first-order valence-corrected chi connectivity index (χ1v) is 8.30. The molecule has 5 heteroatoms. The van der Waals surface area contributed by atoms with Crippen LogP contribution >= 0.6 is 23.4 Å². The lowest BCUT2D eigenvalue weighted by Crippen LogP contribution is -2.06. The van der Waals surface area contributed by atoms with E-state index < -0.39 is 5.97 Å². The molecule has 120 valence electrons. The van der Waals surface area contributed by atoms with Crippen molar-refractivity contribution in [2.24, 2.45) is 0 Å². The fourth-order valence-electron chi connectivity index (χ4n) is 2.05. The Morgan fingerprint density at radius 1 is 1.13 bits per heavy atom. The molecule has 2 rings (SSSR count). The monoisotopic (exact) mass is 348 g/mol. The van der Waals surface area contributed by atoms with Crippen LogP contribution in [0.1, 0.15) is 11.1 Å². The Kier molecular flexibility index (Phi) is 6.56. The highest BCUT2D eigenvalue weighted by atomic mass is 35.5. The van der Waals surface area contributed by atoms with Crippen LogP contribution in [0.4, 0.5) is 0 Å². The van der Waals surface area contributed by atoms with Gasteiger partial charge in [0.2, 0.25) is 0 Å². The predicted octanol–water partition coefficient (Wildman–Crippen LogP) is 4.79. The van der Waals surface area contributed by atoms with E-state index in [1.54, 1.807) is 11.8 Å². The van der Waals surface area contributed by atoms with Gasteiger partial charge >= 0.3 is 5.97 Å². The van der Waals surface area contributed by atoms with Gasteiger partial charge in [0.05, 0.1) is 20.5 Å². The Bertz CT molecular complexity index is 696. The van der Waals surface area contributed by atoms with Gasteiger partial charge in [0.15, 0.2) is 0 Å². The van der Waals surface area contributed by atoms with Crippen molar-refractivity contribution in [3.63, 3.8) is 0 Å². The molecule has 0 atom stereocenters. The molecule has 2 aromatic carbocycles. The lowest BCUT2D eigenvalue weighted by molar-refractivity contribution is -0.133. The van der Waals surface area contributed by atoms with Crippen molar-refractivity contribution in [1.29, 1.82) is 0 Å². The van der Waals surface area contributed by atoms with Crippen LogP contribution < -0.4 is 0 Å². The third-order valence-corrected chi connectivity index (χ3v) is 4.47. The van der Waals surface area contributed by atoms with Crippen LogP contribution in [0.5, 0.6) is 0 Å². The zero-order valence-electron chi connectivity index (χ0n) is 12.9. The van der Waals surface area contributed by atoms with Gasteiger partial charge < -0.3 is 9.47 Å². The van der Waals surface area contributed by atoms with E-state index in [2.05, 4.69) is 0 Å². The van der Waals surface area contributed by atoms with Gasteiger partial charge in [0.1, 0.15) is 5.57 Å². The lowest BCUT2D eigenvalue weighted by Gasteiger charge is -2.11. The highest BCUT2D eigenvalue weighted by Crippen LogP contribution is 2.28. The molecule has 0 fully saturated rings. The van der Waals surface area contributed by atoms with Gasteiger partial charge in [-0.3, -0.25) is 0 Å². The molecule has 0 spiro atoms. The topological polar surface area (TPSA) is 35.5 Å². The van der Waals surface area contributed by atoms with Crippen molar-refractivity contribution < 1.29 is 14.3 Å². The molecular formula is C18H17ClO3S. The Labute approximate surface area is 145 Å². The first-order valence-electron chi connectivity index (χ1n) is 6.93. The number of hydrogen-bond donors (Lipinski definition) is 0. The fourth-order valence-corrected chi connectivity index (χ4v) is 3.08. The standard InChI is InChI=1S/C18H17ClO3S/c1-21-11-17(18(20)22-2)16-6-4-3-5-13(16)12-23-15-9-7-14(19)8-10-15/h3-11H,12H2,1-2H3/b17-11-. The molecule has 0 aliphatic heterocycles. The molecule has 0 aliphatic rings. The number of esters is 1. The summed E-state index contributed by atoms with van der Waals surface area (Å²) in [5, 5.41) is 0.714. The molecule has 0 bridgehead atoms. The second-order valence-corrected chi connectivity index (χ2v) is 6.14. The van der Waals surface area contributed by atoms with Crippen LogP contribution in [0.3, 0.4) is 0 Å². The summed E-state index contributed by atoms with van der Waals surface area (Å²) < 4.78 is 9.87. The van der Waals surface area contributed by atoms with Gasteiger partial charge in [-0.25, -0.2) is 4.79 Å². The van der Waals surface area contributed by atoms with Gasteiger partial charge in [0, 0.05) is 15.7 Å². The number of ether oxygens (including phenoxy) is 2. The Morgan fingerprint density at radius 3 is 2.48 bits per heavy atom. The van der Waals surface area contributed by atoms with E-state index in [0.29, 0.717) is 10.6 Å². The summed E-state index contributed by atoms with van der Waals surface area (Å²) in [5.74, 6) is 0.298. The second-order valence-electron chi connectivity index (χ2n) is 4.66. The van der Waals surface area contributed by atoms with Crippen LogP contribution in [-0.4, -0.2) is 20.2 Å². The van der Waals surface area contributed by atoms with Gasteiger partial charge in [-0.1, -0.05) is 35.9 Å². The van der Waals surface area contributed by atoms with Crippen LogP contribution in [-0.2, 0) is 20.0 Å². The first kappa shape index (κ1) is 17.4. The van der Waals surface area contributed by atoms with Crippen molar-refractivity contribution in [3.8, 4) is 0 Å². The summed E-state index contributed by atoms with van der Waals surface area (Å²) in [7, 11) is 2.87. The predicted molar refractivity (Wildman–Crippen MR) is 94.5 cm³/mol. The first-order chi connectivity index (χ1) is 11.2. The minimum atomic E-state index is -0.421. The van der Waals surface area contributed by atoms with E-state index in [9.17, 15) is 4.79 Å². The van der Waals surface area contributed by atoms with Crippen LogP contribution in [0.2, 0.25) is 5.02 Å². The summed E-state index contributed by atoms with van der Waals surface area (Å²) >= 11 is 7.57. The van der Waals surface area contributed by atoms with E-state index in [1.165, 1.54) is 20.5 Å². The smallest absolute Gasteiger partial charge is 0.341 e. The van der Waals surface area contributed by atoms with Gasteiger partial charge in [-0.15, -0.1) is 11.8 Å². The maximum atomic E-state index is 12.0. The average molecular weight is 349 g/mol. The molecule has 0 aromatic heterocycles. The number of carbonyl (C=O) groups is 1. The largest absolute Gasteiger partial charge is 0.503 e. The van der Waals surface area contributed by atoms with E-state index in [1.807, 2.05) is 48.5 Å². The molecule has 23 heavy (non-hydrogen) atoms. The van der Waals surface area contributed by atoms with Gasteiger partial charge in [-0.2, -0.15) is 0 Å². The number of thioether (sulfide) groups is 1. The highest BCUT2D eigenvalue weighted by molar-refractivity contribution is 7.98. The van der Waals surface area contributed by atoms with Crippen LogP contribution in [0.15, 0.2) is 59.7 Å². The lowest BCUT2D eigenvalue weighted by atomic mass is 10.0. The minimum absolute atomic E-state index is 0.405. The van der Waals surface area contributed by atoms with E-state index >= 15 is 0 Å². The molecular weight excluding hydrogens is 332 g/mol. The molecule has 0 radical (unpaired) electrons. The summed E-state index contributed by atoms with van der Waals surface area (Å²) in [5.41, 5.74) is 2.24. The zero-order valence-corrected chi connectivity index (χ0v) is 14.5. The van der Waals surface area contributed by atoms with Gasteiger partial charge in [-0.05, 0) is 35.4 Å². The fraction of sp³-hybridized carbons (Fsp3) is 0.167. The quantitative estimate of drug-likeness (QED) is 0.325. The normalized spacial score (nSPS) is 11.2. The molecule has 2 aromatic rings. The molecule has 0 N–H and O–H groups in total. The summed E-state index contributed by atoms with van der Waals surface area (Å²) in [6.07, 6.45) is 1.41. The van der Waals surface area contributed by atoms with Crippen molar-refractivity contribution >= 4 is 34.9 Å². The number of rotatable bonds is 6. The number of hydrogen-bond acceptors (Lipinski definition) is 4. The minimum Gasteiger partial charge on any atom is -0.503 e. The van der Waals surface area contributed by atoms with Crippen molar-refractivity contribution in [2.75, 3.05) is 14.2 Å². The molecule has 0 heterocycles. The molecule has 0 saturated heterocycles. The third kappa shape index (κ3) is 4.78. The maximum Gasteiger partial charge on any atom is 0.341 e. The molecule has 0 amide bonds. The Morgan fingerprint density at radius 2 is 1.83 bits per heavy atom. The van der Waals surface area contributed by atoms with Gasteiger partial charge in [0.25, 0.3) is 0 Å². The highest BCUT2D eigenvalue weighted by Gasteiger charge is 2.16. The average Bonchev–Trinajstić information content (AvgIpc) is 2.59. The number of methoxy groups -OCH3 is 2. The number of carbonyl (C=O) groups excluding carboxylic acids is 1. The third-order valence-electron chi connectivity index (χ3n) is 3.16. The molecule has 0 aliphatic carbocycles. The summed E-state index contributed by atoms with van der Waals surface area (Å²) in [6, 6.07) is 15.4. The summed E-state index contributed by atoms with van der Waals surface area (Å²) in [6.45, 7) is 0. The van der Waals surface area contributed by atoms with Crippen molar-refractivity contribution in [3.05, 3.63) is 70.9 Å². The van der Waals surface area contributed by atoms with Crippen molar-refractivity contribution in [1.82, 2.24) is 0 Å². The van der Waals surface area contributed by atoms with E-state index in [4.69, 9.17) is 21.1 Å². The van der Waals surface area contributed by atoms with E-state index in [0.717, 1.165) is 21.8 Å². The Balaban J connectivity index is 2.24. The van der Waals surface area contributed by atoms with Crippen LogP contribution in [0.25, 0.3) is 5.57 Å². The maximum absolute atomic E-state index is 12.0.